The van der Waals surface area contributed by atoms with E-state index in [-0.39, 0.29) is 46.4 Å². The molecular weight excluding hydrogens is 454 g/mol. The Morgan fingerprint density at radius 3 is 2.53 bits per heavy atom. The number of halogens is 4. The van der Waals surface area contributed by atoms with E-state index in [1.165, 1.54) is 44.5 Å². The minimum Gasteiger partial charge on any atom is -0.496 e. The number of H-pyrrole nitrogens is 1. The number of hydrogen-bond acceptors (Lipinski definition) is 4. The van der Waals surface area contributed by atoms with E-state index in [1.54, 1.807) is 0 Å². The van der Waals surface area contributed by atoms with Crippen molar-refractivity contribution in [1.82, 2.24) is 9.97 Å². The maximum absolute atomic E-state index is 14.2. The number of benzene rings is 1. The van der Waals surface area contributed by atoms with Crippen LogP contribution < -0.4 is 15.9 Å². The SMILES string of the molecule is COc1c([C@@H]2C[C@](C)(C(F)(F)F)C[C@H]2c2cc(=O)c3c(C(N)=O)nccc3[nH]2)ccc(F)c1C. The predicted octanol–water partition coefficient (Wildman–Crippen LogP) is 4.71. The fourth-order valence-corrected chi connectivity index (χ4v) is 5.08. The summed E-state index contributed by atoms with van der Waals surface area (Å²) in [4.78, 5) is 31.5. The van der Waals surface area contributed by atoms with E-state index in [0.717, 1.165) is 6.92 Å². The van der Waals surface area contributed by atoms with Crippen molar-refractivity contribution in [3.63, 3.8) is 0 Å². The van der Waals surface area contributed by atoms with Gasteiger partial charge in [-0.05, 0) is 43.4 Å². The molecule has 2 heterocycles. The Balaban J connectivity index is 1.93. The number of fused-ring (bicyclic) bond motifs is 1. The number of nitrogens with two attached hydrogens (primary N) is 1. The molecule has 0 saturated heterocycles. The van der Waals surface area contributed by atoms with Gasteiger partial charge in [0.15, 0.2) is 5.43 Å². The summed E-state index contributed by atoms with van der Waals surface area (Å²) in [5, 5.41) is -0.0258. The molecule has 3 N–H and O–H groups in total. The average molecular weight is 477 g/mol. The Hall–Kier alpha value is -3.43. The van der Waals surface area contributed by atoms with Crippen LogP contribution >= 0.6 is 0 Å². The number of pyridine rings is 2. The van der Waals surface area contributed by atoms with Gasteiger partial charge in [-0.15, -0.1) is 0 Å². The molecule has 4 rings (SSSR count). The molecule has 0 radical (unpaired) electrons. The van der Waals surface area contributed by atoms with Crippen LogP contribution in [0.3, 0.4) is 0 Å². The molecule has 180 valence electrons. The molecule has 1 aromatic carbocycles. The number of carbonyl (C=O) groups excluding carboxylic acids is 1. The molecule has 0 bridgehead atoms. The summed E-state index contributed by atoms with van der Waals surface area (Å²) < 4.78 is 61.9. The summed E-state index contributed by atoms with van der Waals surface area (Å²) in [7, 11) is 1.34. The normalized spacial score (nSPS) is 22.8. The summed E-state index contributed by atoms with van der Waals surface area (Å²) in [6.07, 6.45) is -3.77. The van der Waals surface area contributed by atoms with Gasteiger partial charge >= 0.3 is 6.18 Å². The van der Waals surface area contributed by atoms with E-state index >= 15 is 0 Å². The van der Waals surface area contributed by atoms with E-state index in [4.69, 9.17) is 10.5 Å². The predicted molar refractivity (Wildman–Crippen MR) is 117 cm³/mol. The number of methoxy groups -OCH3 is 1. The number of primary amides is 1. The number of amides is 1. The lowest BCUT2D eigenvalue weighted by molar-refractivity contribution is -0.216. The van der Waals surface area contributed by atoms with E-state index in [9.17, 15) is 27.2 Å². The zero-order chi connectivity index (χ0) is 25.0. The third kappa shape index (κ3) is 3.70. The van der Waals surface area contributed by atoms with Crippen molar-refractivity contribution in [2.45, 2.75) is 44.7 Å². The number of rotatable bonds is 4. The number of hydrogen-bond donors (Lipinski definition) is 2. The van der Waals surface area contributed by atoms with Crippen molar-refractivity contribution in [1.29, 1.82) is 0 Å². The highest BCUT2D eigenvalue weighted by atomic mass is 19.4. The number of aromatic amines is 1. The van der Waals surface area contributed by atoms with E-state index in [1.807, 2.05) is 0 Å². The summed E-state index contributed by atoms with van der Waals surface area (Å²) in [5.74, 6) is -2.71. The number of ether oxygens (including phenoxy) is 1. The molecule has 34 heavy (non-hydrogen) atoms. The minimum atomic E-state index is -4.50. The fourth-order valence-electron chi connectivity index (χ4n) is 5.08. The second-order valence-corrected chi connectivity index (χ2v) is 9.01. The molecule has 1 saturated carbocycles. The zero-order valence-corrected chi connectivity index (χ0v) is 18.7. The lowest BCUT2D eigenvalue weighted by Gasteiger charge is -2.27. The molecule has 6 nitrogen and oxygen atoms in total. The molecular formula is C24H23F4N3O3. The van der Waals surface area contributed by atoms with Crippen LogP contribution in [0.25, 0.3) is 10.9 Å². The second-order valence-electron chi connectivity index (χ2n) is 9.01. The highest BCUT2D eigenvalue weighted by Crippen LogP contribution is 2.61. The summed E-state index contributed by atoms with van der Waals surface area (Å²) >= 11 is 0. The molecule has 0 unspecified atom stereocenters. The van der Waals surface area contributed by atoms with Crippen LogP contribution in [-0.4, -0.2) is 29.2 Å². The second kappa shape index (κ2) is 8.11. The Labute approximate surface area is 192 Å². The lowest BCUT2D eigenvalue weighted by atomic mass is 9.84. The Kier molecular flexibility index (Phi) is 5.65. The van der Waals surface area contributed by atoms with Gasteiger partial charge < -0.3 is 15.5 Å². The highest BCUT2D eigenvalue weighted by Gasteiger charge is 2.58. The lowest BCUT2D eigenvalue weighted by Crippen LogP contribution is -2.32. The first-order chi connectivity index (χ1) is 15.9. The largest absolute Gasteiger partial charge is 0.496 e. The van der Waals surface area contributed by atoms with Crippen molar-refractivity contribution in [3.8, 4) is 5.75 Å². The quantitative estimate of drug-likeness (QED) is 0.532. The molecule has 0 aliphatic heterocycles. The van der Waals surface area contributed by atoms with Crippen LogP contribution in [-0.2, 0) is 0 Å². The van der Waals surface area contributed by atoms with Crippen LogP contribution in [0, 0.1) is 18.2 Å². The van der Waals surface area contributed by atoms with Crippen molar-refractivity contribution in [2.24, 2.45) is 11.1 Å². The van der Waals surface area contributed by atoms with Gasteiger partial charge in [0, 0.05) is 29.4 Å². The van der Waals surface area contributed by atoms with E-state index in [0.29, 0.717) is 5.56 Å². The van der Waals surface area contributed by atoms with Crippen molar-refractivity contribution in [3.05, 3.63) is 69.0 Å². The van der Waals surface area contributed by atoms with Crippen LogP contribution in [0.1, 0.15) is 58.9 Å². The van der Waals surface area contributed by atoms with Gasteiger partial charge in [0.25, 0.3) is 5.91 Å². The Morgan fingerprint density at radius 1 is 1.24 bits per heavy atom. The fraction of sp³-hybridized carbons (Fsp3) is 0.375. The van der Waals surface area contributed by atoms with Gasteiger partial charge in [0.2, 0.25) is 0 Å². The summed E-state index contributed by atoms with van der Waals surface area (Å²) in [6.45, 7) is 2.65. The first-order valence-corrected chi connectivity index (χ1v) is 10.6. The van der Waals surface area contributed by atoms with Gasteiger partial charge in [0.1, 0.15) is 17.3 Å². The van der Waals surface area contributed by atoms with Gasteiger partial charge in [-0.2, -0.15) is 13.2 Å². The van der Waals surface area contributed by atoms with Crippen LogP contribution in [0.2, 0.25) is 0 Å². The van der Waals surface area contributed by atoms with Crippen LogP contribution in [0.4, 0.5) is 17.6 Å². The van der Waals surface area contributed by atoms with Gasteiger partial charge in [-0.3, -0.25) is 14.6 Å². The van der Waals surface area contributed by atoms with Crippen LogP contribution in [0.15, 0.2) is 35.3 Å². The minimum absolute atomic E-state index is 0.0258. The molecule has 1 fully saturated rings. The van der Waals surface area contributed by atoms with Gasteiger partial charge in [-0.25, -0.2) is 4.39 Å². The van der Waals surface area contributed by atoms with Gasteiger partial charge in [-0.1, -0.05) is 13.0 Å². The Morgan fingerprint density at radius 2 is 1.91 bits per heavy atom. The van der Waals surface area contributed by atoms with Crippen LogP contribution in [0.5, 0.6) is 5.75 Å². The molecule has 3 atom stereocenters. The number of aromatic nitrogens is 2. The zero-order valence-electron chi connectivity index (χ0n) is 18.7. The summed E-state index contributed by atoms with van der Waals surface area (Å²) in [6, 6.07) is 5.30. The third-order valence-corrected chi connectivity index (χ3v) is 6.88. The molecule has 1 aliphatic carbocycles. The van der Waals surface area contributed by atoms with Crippen molar-refractivity contribution in [2.75, 3.05) is 7.11 Å². The number of nitrogens with one attached hydrogen (secondary N) is 1. The molecule has 10 heteroatoms. The molecule has 1 amide bonds. The molecule has 1 aliphatic rings. The maximum Gasteiger partial charge on any atom is 0.394 e. The monoisotopic (exact) mass is 477 g/mol. The molecule has 0 spiro atoms. The summed E-state index contributed by atoms with van der Waals surface area (Å²) in [5.41, 5.74) is 3.64. The van der Waals surface area contributed by atoms with Gasteiger partial charge in [0.05, 0.1) is 23.4 Å². The topological polar surface area (TPSA) is 98.1 Å². The molecule has 2 aromatic heterocycles. The number of alkyl halides is 3. The smallest absolute Gasteiger partial charge is 0.394 e. The standard InChI is InChI=1S/C24H23F4N3O3/c1-11-15(25)5-4-12(21(11)34-3)13-9-23(2,24(26,27)28)10-14(13)17-8-18(32)19-16(31-17)6-7-30-20(19)22(29)33/h4-8,13-14H,9-10H2,1-3H3,(H2,29,33)(H,31,32)/t13-,14+,23-/m0/s1. The highest BCUT2D eigenvalue weighted by molar-refractivity contribution is 6.03. The third-order valence-electron chi connectivity index (χ3n) is 6.88. The Bertz CT molecular complexity index is 1350. The first kappa shape index (κ1) is 23.7. The average Bonchev–Trinajstić information content (AvgIpc) is 3.13. The first-order valence-electron chi connectivity index (χ1n) is 10.6. The number of nitrogens with zero attached hydrogens (tertiary/aromatic N) is 1. The number of carbonyl (C=O) groups is 1. The molecule has 3 aromatic rings. The maximum atomic E-state index is 14.2. The van der Waals surface area contributed by atoms with E-state index < -0.39 is 40.6 Å². The van der Waals surface area contributed by atoms with Crippen molar-refractivity contribution < 1.29 is 27.1 Å². The van der Waals surface area contributed by atoms with E-state index in [2.05, 4.69) is 9.97 Å². The van der Waals surface area contributed by atoms with Crippen molar-refractivity contribution >= 4 is 16.8 Å².